The summed E-state index contributed by atoms with van der Waals surface area (Å²) in [5.41, 5.74) is 0.760. The molecule has 0 bridgehead atoms. The summed E-state index contributed by atoms with van der Waals surface area (Å²) in [7, 11) is 1.19. The van der Waals surface area contributed by atoms with Gasteiger partial charge in [0.1, 0.15) is 11.6 Å². The lowest BCUT2D eigenvalue weighted by atomic mass is 10.1. The molecule has 0 aliphatic carbocycles. The second-order valence-corrected chi connectivity index (χ2v) is 5.20. The largest absolute Gasteiger partial charge is 0.465 e. The van der Waals surface area contributed by atoms with Crippen molar-refractivity contribution in [2.24, 2.45) is 0 Å². The van der Waals surface area contributed by atoms with Gasteiger partial charge in [0.15, 0.2) is 0 Å². The highest BCUT2D eigenvalue weighted by Crippen LogP contribution is 2.21. The molecular weight excluding hydrogens is 344 g/mol. The molecule has 0 radical (unpaired) electrons. The lowest BCUT2D eigenvalue weighted by Gasteiger charge is -2.09. The van der Waals surface area contributed by atoms with Crippen LogP contribution in [0.4, 0.5) is 14.5 Å². The molecular formula is C15H12BrF2NO2. The van der Waals surface area contributed by atoms with E-state index in [4.69, 9.17) is 0 Å². The number of halogens is 3. The number of anilines is 1. The van der Waals surface area contributed by atoms with Gasteiger partial charge in [-0.05, 0) is 35.9 Å². The number of esters is 1. The van der Waals surface area contributed by atoms with Crippen molar-refractivity contribution >= 4 is 27.6 Å². The van der Waals surface area contributed by atoms with Gasteiger partial charge in [-0.1, -0.05) is 22.0 Å². The highest BCUT2D eigenvalue weighted by molar-refractivity contribution is 9.10. The van der Waals surface area contributed by atoms with Crippen molar-refractivity contribution in [3.05, 3.63) is 63.6 Å². The minimum atomic E-state index is -0.731. The normalized spacial score (nSPS) is 10.3. The van der Waals surface area contributed by atoms with Crippen molar-refractivity contribution in [2.75, 3.05) is 12.4 Å². The number of hydrogen-bond donors (Lipinski definition) is 1. The predicted octanol–water partition coefficient (Wildman–Crippen LogP) is 4.13. The molecule has 21 heavy (non-hydrogen) atoms. The maximum Gasteiger partial charge on any atom is 0.340 e. The Labute approximate surface area is 129 Å². The Balaban J connectivity index is 2.12. The molecule has 0 fully saturated rings. The van der Waals surface area contributed by atoms with Gasteiger partial charge in [0.05, 0.1) is 18.4 Å². The first-order valence-corrected chi connectivity index (χ1v) is 6.86. The molecule has 0 aliphatic rings. The smallest absolute Gasteiger partial charge is 0.340 e. The number of methoxy groups -OCH3 is 1. The number of rotatable bonds is 4. The van der Waals surface area contributed by atoms with Gasteiger partial charge < -0.3 is 10.1 Å². The highest BCUT2D eigenvalue weighted by atomic mass is 79.9. The molecule has 0 spiro atoms. The van der Waals surface area contributed by atoms with Crippen LogP contribution in [0.2, 0.25) is 0 Å². The number of carbonyl (C=O) groups excluding carboxylic acids is 1. The second-order valence-electron chi connectivity index (χ2n) is 4.28. The molecule has 0 unspecified atom stereocenters. The van der Waals surface area contributed by atoms with Gasteiger partial charge in [-0.3, -0.25) is 0 Å². The van der Waals surface area contributed by atoms with Crippen molar-refractivity contribution in [1.29, 1.82) is 0 Å². The van der Waals surface area contributed by atoms with Crippen molar-refractivity contribution in [3.63, 3.8) is 0 Å². The lowest BCUT2D eigenvalue weighted by molar-refractivity contribution is 0.0595. The molecule has 0 saturated heterocycles. The summed E-state index contributed by atoms with van der Waals surface area (Å²) in [4.78, 5) is 11.3. The van der Waals surface area contributed by atoms with E-state index in [1.807, 2.05) is 0 Å². The summed E-state index contributed by atoms with van der Waals surface area (Å²) in [6.45, 7) is 0.228. The second kappa shape index (κ2) is 6.67. The monoisotopic (exact) mass is 355 g/mol. The lowest BCUT2D eigenvalue weighted by Crippen LogP contribution is -2.07. The van der Waals surface area contributed by atoms with E-state index in [0.717, 1.165) is 4.47 Å². The van der Waals surface area contributed by atoms with Crippen LogP contribution in [0.3, 0.4) is 0 Å². The quantitative estimate of drug-likeness (QED) is 0.838. The van der Waals surface area contributed by atoms with Crippen molar-refractivity contribution in [2.45, 2.75) is 6.54 Å². The number of carbonyl (C=O) groups is 1. The van der Waals surface area contributed by atoms with E-state index in [2.05, 4.69) is 26.0 Å². The Hall–Kier alpha value is -1.95. The van der Waals surface area contributed by atoms with Gasteiger partial charge in [0.25, 0.3) is 0 Å². The van der Waals surface area contributed by atoms with Crippen LogP contribution in [0.1, 0.15) is 15.9 Å². The van der Waals surface area contributed by atoms with E-state index in [-0.39, 0.29) is 12.1 Å². The van der Waals surface area contributed by atoms with Crippen LogP contribution in [-0.4, -0.2) is 13.1 Å². The van der Waals surface area contributed by atoms with Crippen molar-refractivity contribution in [3.8, 4) is 0 Å². The van der Waals surface area contributed by atoms with E-state index >= 15 is 0 Å². The molecule has 2 rings (SSSR count). The fraction of sp³-hybridized carbons (Fsp3) is 0.133. The summed E-state index contributed by atoms with van der Waals surface area (Å²) in [5.74, 6) is -1.80. The molecule has 2 aromatic carbocycles. The van der Waals surface area contributed by atoms with Gasteiger partial charge in [0.2, 0.25) is 0 Å². The molecule has 3 nitrogen and oxygen atoms in total. The third-order valence-corrected chi connectivity index (χ3v) is 3.34. The maximum absolute atomic E-state index is 13.7. The minimum Gasteiger partial charge on any atom is -0.465 e. The number of nitrogens with one attached hydrogen (secondary N) is 1. The SMILES string of the molecule is COC(=O)c1ccc(CNc2cc(Br)ccc2F)cc1F. The zero-order chi connectivity index (χ0) is 15.4. The number of benzene rings is 2. The Kier molecular flexibility index (Phi) is 4.90. The number of ether oxygens (including phenoxy) is 1. The fourth-order valence-electron chi connectivity index (χ4n) is 1.77. The van der Waals surface area contributed by atoms with Crippen LogP contribution < -0.4 is 5.32 Å². The van der Waals surface area contributed by atoms with Crippen LogP contribution >= 0.6 is 15.9 Å². The molecule has 0 aliphatic heterocycles. The first-order chi connectivity index (χ1) is 10.0. The minimum absolute atomic E-state index is 0.130. The molecule has 1 N–H and O–H groups in total. The predicted molar refractivity (Wildman–Crippen MR) is 79.2 cm³/mol. The van der Waals surface area contributed by atoms with Crippen LogP contribution in [-0.2, 0) is 11.3 Å². The van der Waals surface area contributed by atoms with Crippen molar-refractivity contribution < 1.29 is 18.3 Å². The summed E-state index contributed by atoms with van der Waals surface area (Å²) in [6.07, 6.45) is 0. The summed E-state index contributed by atoms with van der Waals surface area (Å²) >= 11 is 3.25. The van der Waals surface area contributed by atoms with E-state index in [0.29, 0.717) is 11.3 Å². The molecule has 0 atom stereocenters. The van der Waals surface area contributed by atoms with E-state index in [1.54, 1.807) is 18.2 Å². The first-order valence-electron chi connectivity index (χ1n) is 6.07. The topological polar surface area (TPSA) is 38.3 Å². The highest BCUT2D eigenvalue weighted by Gasteiger charge is 2.12. The van der Waals surface area contributed by atoms with Gasteiger partial charge in [0, 0.05) is 11.0 Å². The zero-order valence-electron chi connectivity index (χ0n) is 11.1. The van der Waals surface area contributed by atoms with Gasteiger partial charge in [-0.15, -0.1) is 0 Å². The molecule has 110 valence electrons. The van der Waals surface area contributed by atoms with E-state index in [9.17, 15) is 13.6 Å². The summed E-state index contributed by atoms with van der Waals surface area (Å²) in [5, 5.41) is 2.87. The van der Waals surface area contributed by atoms with Crippen LogP contribution in [0.5, 0.6) is 0 Å². The molecule has 0 aromatic heterocycles. The Morgan fingerprint density at radius 1 is 1.19 bits per heavy atom. The molecule has 6 heteroatoms. The van der Waals surface area contributed by atoms with Gasteiger partial charge in [-0.25, -0.2) is 13.6 Å². The van der Waals surface area contributed by atoms with Gasteiger partial charge in [-0.2, -0.15) is 0 Å². The van der Waals surface area contributed by atoms with Crippen molar-refractivity contribution in [1.82, 2.24) is 0 Å². The number of hydrogen-bond acceptors (Lipinski definition) is 3. The standard InChI is InChI=1S/C15H12BrF2NO2/c1-21-15(20)11-4-2-9(6-13(11)18)8-19-14-7-10(16)3-5-12(14)17/h2-7,19H,8H2,1H3. The summed E-state index contributed by atoms with van der Waals surface area (Å²) in [6, 6.07) is 8.65. The van der Waals surface area contributed by atoms with Crippen LogP contribution in [0.25, 0.3) is 0 Å². The average molecular weight is 356 g/mol. The third-order valence-electron chi connectivity index (χ3n) is 2.85. The Morgan fingerprint density at radius 2 is 1.95 bits per heavy atom. The van der Waals surface area contributed by atoms with E-state index in [1.165, 1.54) is 25.3 Å². The molecule has 0 heterocycles. The maximum atomic E-state index is 13.7. The Morgan fingerprint density at radius 3 is 2.62 bits per heavy atom. The first kappa shape index (κ1) is 15.4. The van der Waals surface area contributed by atoms with Gasteiger partial charge >= 0.3 is 5.97 Å². The average Bonchev–Trinajstić information content (AvgIpc) is 2.47. The molecule has 0 saturated carbocycles. The van der Waals surface area contributed by atoms with E-state index < -0.39 is 17.6 Å². The zero-order valence-corrected chi connectivity index (χ0v) is 12.7. The third kappa shape index (κ3) is 3.78. The summed E-state index contributed by atoms with van der Waals surface area (Å²) < 4.78 is 32.5. The molecule has 2 aromatic rings. The Bertz CT molecular complexity index is 677. The van der Waals surface area contributed by atoms with Crippen LogP contribution in [0.15, 0.2) is 40.9 Å². The van der Waals surface area contributed by atoms with Crippen LogP contribution in [0, 0.1) is 11.6 Å². The fourth-order valence-corrected chi connectivity index (χ4v) is 2.14. The molecule has 0 amide bonds.